The molecule has 3 rings (SSSR count). The van der Waals surface area contributed by atoms with Gasteiger partial charge in [0.1, 0.15) is 0 Å². The highest BCUT2D eigenvalue weighted by Crippen LogP contribution is 2.24. The van der Waals surface area contributed by atoms with Gasteiger partial charge in [-0.2, -0.15) is 5.10 Å². The molecule has 1 N–H and O–H groups in total. The summed E-state index contributed by atoms with van der Waals surface area (Å²) in [5, 5.41) is 4.14. The van der Waals surface area contributed by atoms with Crippen molar-refractivity contribution in [2.75, 3.05) is 13.2 Å². The Morgan fingerprint density at radius 3 is 2.53 bits per heavy atom. The number of ether oxygens (including phenoxy) is 2. The van der Waals surface area contributed by atoms with E-state index in [1.54, 1.807) is 0 Å². The highest BCUT2D eigenvalue weighted by molar-refractivity contribution is 6.05. The lowest BCUT2D eigenvalue weighted by molar-refractivity contribution is -0.121. The predicted molar refractivity (Wildman–Crippen MR) is 69.5 cm³/mol. The fourth-order valence-electron chi connectivity index (χ4n) is 2.36. The van der Waals surface area contributed by atoms with Crippen LogP contribution in [-0.4, -0.2) is 24.8 Å². The maximum Gasteiger partial charge on any atom is 0.240 e. The average Bonchev–Trinajstić information content (AvgIpc) is 2.93. The molecule has 1 unspecified atom stereocenters. The summed E-state index contributed by atoms with van der Waals surface area (Å²) < 4.78 is 10.9. The fraction of sp³-hybridized carbons (Fsp3) is 0.429. The Hall–Kier alpha value is -1.72. The van der Waals surface area contributed by atoms with Crippen molar-refractivity contribution in [1.29, 1.82) is 0 Å². The lowest BCUT2D eigenvalue weighted by Crippen LogP contribution is -2.31. The Morgan fingerprint density at radius 1 is 1.21 bits per heavy atom. The number of hydrazone groups is 1. The van der Waals surface area contributed by atoms with E-state index < -0.39 is 0 Å². The minimum absolute atomic E-state index is 0.0272. The second kappa shape index (κ2) is 5.11. The van der Waals surface area contributed by atoms with E-state index in [0.29, 0.717) is 19.6 Å². The molecular weight excluding hydrogens is 244 g/mol. The summed E-state index contributed by atoms with van der Waals surface area (Å²) in [5.41, 5.74) is 5.48. The third-order valence-corrected chi connectivity index (χ3v) is 3.36. The van der Waals surface area contributed by atoms with Gasteiger partial charge in [0.2, 0.25) is 5.91 Å². The molecule has 2 heterocycles. The standard InChI is InChI=1S/C14H16N2O3/c1-9-8-12(17)15-16-13(9)10-2-4-11(5-3-10)14-18-6-7-19-14/h2-5,9,14H,6-8H2,1H3,(H,15,17). The van der Waals surface area contributed by atoms with Gasteiger partial charge in [-0.15, -0.1) is 0 Å². The van der Waals surface area contributed by atoms with Crippen LogP contribution in [0.1, 0.15) is 30.8 Å². The van der Waals surface area contributed by atoms with E-state index in [4.69, 9.17) is 9.47 Å². The van der Waals surface area contributed by atoms with E-state index in [-0.39, 0.29) is 18.1 Å². The Bertz CT molecular complexity index is 504. The van der Waals surface area contributed by atoms with E-state index in [9.17, 15) is 4.79 Å². The van der Waals surface area contributed by atoms with Gasteiger partial charge in [0.15, 0.2) is 6.29 Å². The molecule has 2 aliphatic heterocycles. The number of hydrogen-bond donors (Lipinski definition) is 1. The van der Waals surface area contributed by atoms with E-state index in [0.717, 1.165) is 16.8 Å². The predicted octanol–water partition coefficient (Wildman–Crippen LogP) is 1.59. The quantitative estimate of drug-likeness (QED) is 0.878. The van der Waals surface area contributed by atoms with Crippen LogP contribution in [0.5, 0.6) is 0 Å². The van der Waals surface area contributed by atoms with Crippen LogP contribution in [0.15, 0.2) is 29.4 Å². The summed E-state index contributed by atoms with van der Waals surface area (Å²) >= 11 is 0. The lowest BCUT2D eigenvalue weighted by atomic mass is 9.93. The Kier molecular flexibility index (Phi) is 3.31. The van der Waals surface area contributed by atoms with Gasteiger partial charge in [-0.3, -0.25) is 4.79 Å². The van der Waals surface area contributed by atoms with Gasteiger partial charge < -0.3 is 9.47 Å². The van der Waals surface area contributed by atoms with E-state index in [1.807, 2.05) is 31.2 Å². The third kappa shape index (κ3) is 2.52. The smallest absolute Gasteiger partial charge is 0.240 e. The second-order valence-corrected chi connectivity index (χ2v) is 4.83. The number of carbonyl (C=O) groups excluding carboxylic acids is 1. The van der Waals surface area contributed by atoms with Crippen molar-refractivity contribution in [3.05, 3.63) is 35.4 Å². The summed E-state index contributed by atoms with van der Waals surface area (Å²) in [4.78, 5) is 11.2. The molecule has 1 saturated heterocycles. The molecule has 2 aliphatic rings. The van der Waals surface area contributed by atoms with Crippen molar-refractivity contribution in [2.45, 2.75) is 19.6 Å². The number of hydrogen-bond acceptors (Lipinski definition) is 4. The van der Waals surface area contributed by atoms with Crippen LogP contribution >= 0.6 is 0 Å². The molecule has 1 atom stereocenters. The van der Waals surface area contributed by atoms with Gasteiger partial charge in [-0.1, -0.05) is 31.2 Å². The normalized spacial score (nSPS) is 24.2. The molecule has 0 spiro atoms. The fourth-order valence-corrected chi connectivity index (χ4v) is 2.36. The maximum atomic E-state index is 11.2. The highest BCUT2D eigenvalue weighted by atomic mass is 16.7. The van der Waals surface area contributed by atoms with Crippen LogP contribution in [0.25, 0.3) is 0 Å². The third-order valence-electron chi connectivity index (χ3n) is 3.36. The van der Waals surface area contributed by atoms with Crippen molar-refractivity contribution in [3.8, 4) is 0 Å². The topological polar surface area (TPSA) is 59.9 Å². The van der Waals surface area contributed by atoms with Gasteiger partial charge in [-0.05, 0) is 5.56 Å². The maximum absolute atomic E-state index is 11.2. The zero-order valence-corrected chi connectivity index (χ0v) is 10.8. The van der Waals surface area contributed by atoms with E-state index in [1.165, 1.54) is 0 Å². The highest BCUT2D eigenvalue weighted by Gasteiger charge is 2.22. The molecule has 19 heavy (non-hydrogen) atoms. The zero-order chi connectivity index (χ0) is 13.2. The molecule has 5 heteroatoms. The number of carbonyl (C=O) groups is 1. The molecule has 1 aromatic carbocycles. The van der Waals surface area contributed by atoms with Gasteiger partial charge in [0.25, 0.3) is 0 Å². The summed E-state index contributed by atoms with van der Waals surface area (Å²) in [6, 6.07) is 7.95. The van der Waals surface area contributed by atoms with Crippen LogP contribution in [0, 0.1) is 5.92 Å². The van der Waals surface area contributed by atoms with Crippen molar-refractivity contribution in [2.24, 2.45) is 11.0 Å². The molecule has 0 aromatic heterocycles. The zero-order valence-electron chi connectivity index (χ0n) is 10.8. The molecule has 0 aliphatic carbocycles. The van der Waals surface area contributed by atoms with Crippen LogP contribution in [0.2, 0.25) is 0 Å². The molecule has 5 nitrogen and oxygen atoms in total. The first-order valence-electron chi connectivity index (χ1n) is 6.44. The lowest BCUT2D eigenvalue weighted by Gasteiger charge is -2.19. The molecule has 0 saturated carbocycles. The summed E-state index contributed by atoms with van der Waals surface area (Å²) in [6.45, 7) is 3.29. The van der Waals surface area contributed by atoms with Crippen molar-refractivity contribution in [1.82, 2.24) is 5.43 Å². The molecule has 0 bridgehead atoms. The molecule has 0 radical (unpaired) electrons. The van der Waals surface area contributed by atoms with E-state index >= 15 is 0 Å². The summed E-state index contributed by atoms with van der Waals surface area (Å²) in [5.74, 6) is 0.110. The number of nitrogens with one attached hydrogen (secondary N) is 1. The molecular formula is C14H16N2O3. The van der Waals surface area contributed by atoms with Crippen LogP contribution in [-0.2, 0) is 14.3 Å². The first-order valence-corrected chi connectivity index (χ1v) is 6.44. The second-order valence-electron chi connectivity index (χ2n) is 4.83. The largest absolute Gasteiger partial charge is 0.346 e. The minimum Gasteiger partial charge on any atom is -0.346 e. The van der Waals surface area contributed by atoms with Gasteiger partial charge in [-0.25, -0.2) is 5.43 Å². The van der Waals surface area contributed by atoms with Gasteiger partial charge >= 0.3 is 0 Å². The summed E-state index contributed by atoms with van der Waals surface area (Å²) in [6.07, 6.45) is 0.231. The van der Waals surface area contributed by atoms with Crippen LogP contribution in [0.4, 0.5) is 0 Å². The molecule has 1 fully saturated rings. The Labute approximate surface area is 111 Å². The Morgan fingerprint density at radius 2 is 1.89 bits per heavy atom. The van der Waals surface area contributed by atoms with E-state index in [2.05, 4.69) is 10.5 Å². The van der Waals surface area contributed by atoms with Crippen LogP contribution < -0.4 is 5.43 Å². The number of amides is 1. The molecule has 100 valence electrons. The first-order chi connectivity index (χ1) is 9.24. The van der Waals surface area contributed by atoms with Gasteiger partial charge in [0.05, 0.1) is 18.9 Å². The van der Waals surface area contributed by atoms with Crippen molar-refractivity contribution in [3.63, 3.8) is 0 Å². The molecule has 1 aromatic rings. The first kappa shape index (κ1) is 12.3. The monoisotopic (exact) mass is 260 g/mol. The minimum atomic E-state index is -0.250. The number of nitrogens with zero attached hydrogens (tertiary/aromatic N) is 1. The average molecular weight is 260 g/mol. The van der Waals surface area contributed by atoms with Gasteiger partial charge in [0, 0.05) is 17.9 Å². The van der Waals surface area contributed by atoms with Crippen LogP contribution in [0.3, 0.4) is 0 Å². The SMILES string of the molecule is CC1CC(=O)NN=C1c1ccc(C2OCCO2)cc1. The molecule has 1 amide bonds. The Balaban J connectivity index is 1.80. The number of benzene rings is 1. The van der Waals surface area contributed by atoms with Crippen molar-refractivity contribution >= 4 is 11.6 Å². The number of rotatable bonds is 2. The summed E-state index contributed by atoms with van der Waals surface area (Å²) in [7, 11) is 0. The van der Waals surface area contributed by atoms with Crippen molar-refractivity contribution < 1.29 is 14.3 Å².